The average molecular weight is 247 g/mol. The van der Waals surface area contributed by atoms with E-state index in [9.17, 15) is 0 Å². The van der Waals surface area contributed by atoms with Gasteiger partial charge in [-0.1, -0.05) is 6.07 Å². The van der Waals surface area contributed by atoms with Gasteiger partial charge in [0.1, 0.15) is 10.7 Å². The van der Waals surface area contributed by atoms with Crippen molar-refractivity contribution in [3.05, 3.63) is 29.1 Å². The van der Waals surface area contributed by atoms with Gasteiger partial charge in [-0.2, -0.15) is 0 Å². The molecule has 5 heteroatoms. The Hall–Kier alpha value is -1.46. The largest absolute Gasteiger partial charge is 0.375 e. The van der Waals surface area contributed by atoms with Crippen LogP contribution in [0.1, 0.15) is 5.56 Å². The van der Waals surface area contributed by atoms with E-state index in [2.05, 4.69) is 29.0 Å². The average Bonchev–Trinajstić information content (AvgIpc) is 2.83. The Labute approximate surface area is 101 Å². The molecule has 2 N–H and O–H groups in total. The normalized spacial score (nSPS) is 11.1. The molecule has 0 saturated carbocycles. The summed E-state index contributed by atoms with van der Waals surface area (Å²) in [5, 5.41) is 3.47. The van der Waals surface area contributed by atoms with E-state index in [4.69, 9.17) is 5.73 Å². The summed E-state index contributed by atoms with van der Waals surface area (Å²) in [7, 11) is 0. The maximum atomic E-state index is 5.62. The zero-order valence-corrected chi connectivity index (χ0v) is 10.2. The van der Waals surface area contributed by atoms with Crippen LogP contribution < -0.4 is 5.73 Å². The van der Waals surface area contributed by atoms with E-state index >= 15 is 0 Å². The lowest BCUT2D eigenvalue weighted by Crippen LogP contribution is -1.81. The Kier molecular flexibility index (Phi) is 2.15. The van der Waals surface area contributed by atoms with Gasteiger partial charge in [-0.25, -0.2) is 9.97 Å². The number of hydrogen-bond donors (Lipinski definition) is 1. The fourth-order valence-electron chi connectivity index (χ4n) is 1.53. The highest BCUT2D eigenvalue weighted by Crippen LogP contribution is 2.31. The van der Waals surface area contributed by atoms with Crippen molar-refractivity contribution in [1.82, 2.24) is 9.97 Å². The number of nitrogens with two attached hydrogens (primary N) is 1. The predicted molar refractivity (Wildman–Crippen MR) is 69.9 cm³/mol. The van der Waals surface area contributed by atoms with Gasteiger partial charge in [0.15, 0.2) is 5.13 Å². The van der Waals surface area contributed by atoms with E-state index in [1.54, 1.807) is 11.3 Å². The van der Waals surface area contributed by atoms with Crippen LogP contribution in [0.4, 0.5) is 5.13 Å². The standard InChI is InChI=1S/C11H9N3S2/c1-6-2-3-7-9(4-6)16-10(13-7)8-5-15-11(12)14-8/h2-5H,1H3,(H2,12,14). The quantitative estimate of drug-likeness (QED) is 0.717. The number of anilines is 1. The first-order chi connectivity index (χ1) is 7.72. The second kappa shape index (κ2) is 3.54. The molecule has 0 bridgehead atoms. The summed E-state index contributed by atoms with van der Waals surface area (Å²) in [5.74, 6) is 0. The van der Waals surface area contributed by atoms with Gasteiger partial charge in [0, 0.05) is 5.38 Å². The molecule has 3 aromatic rings. The molecular weight excluding hydrogens is 238 g/mol. The van der Waals surface area contributed by atoms with E-state index < -0.39 is 0 Å². The summed E-state index contributed by atoms with van der Waals surface area (Å²) >= 11 is 3.10. The van der Waals surface area contributed by atoms with Crippen LogP contribution in [-0.2, 0) is 0 Å². The van der Waals surface area contributed by atoms with Crippen molar-refractivity contribution in [1.29, 1.82) is 0 Å². The van der Waals surface area contributed by atoms with Crippen LogP contribution in [0.5, 0.6) is 0 Å². The lowest BCUT2D eigenvalue weighted by atomic mass is 10.2. The number of aromatic nitrogens is 2. The van der Waals surface area contributed by atoms with Gasteiger partial charge < -0.3 is 5.73 Å². The highest BCUT2D eigenvalue weighted by molar-refractivity contribution is 7.22. The van der Waals surface area contributed by atoms with Crippen molar-refractivity contribution in [2.45, 2.75) is 6.92 Å². The van der Waals surface area contributed by atoms with Gasteiger partial charge in [0.2, 0.25) is 0 Å². The van der Waals surface area contributed by atoms with Gasteiger partial charge in [-0.05, 0) is 24.6 Å². The van der Waals surface area contributed by atoms with Gasteiger partial charge in [0.05, 0.1) is 10.2 Å². The zero-order chi connectivity index (χ0) is 11.1. The van der Waals surface area contributed by atoms with Crippen molar-refractivity contribution < 1.29 is 0 Å². The molecular formula is C11H9N3S2. The molecule has 0 aliphatic carbocycles. The first kappa shape index (κ1) is 9.74. The fourth-order valence-corrected chi connectivity index (χ4v) is 3.17. The van der Waals surface area contributed by atoms with Gasteiger partial charge in [0.25, 0.3) is 0 Å². The number of thiazole rings is 2. The van der Waals surface area contributed by atoms with Gasteiger partial charge >= 0.3 is 0 Å². The summed E-state index contributed by atoms with van der Waals surface area (Å²) in [6.45, 7) is 2.08. The minimum Gasteiger partial charge on any atom is -0.375 e. The van der Waals surface area contributed by atoms with Gasteiger partial charge in [-0.15, -0.1) is 22.7 Å². The third-order valence-electron chi connectivity index (χ3n) is 2.29. The maximum absolute atomic E-state index is 5.62. The minimum atomic E-state index is 0.588. The topological polar surface area (TPSA) is 51.8 Å². The van der Waals surface area contributed by atoms with Crippen LogP contribution in [0.25, 0.3) is 20.9 Å². The summed E-state index contributed by atoms with van der Waals surface area (Å²) in [5.41, 5.74) is 8.77. The fraction of sp³-hybridized carbons (Fsp3) is 0.0909. The summed E-state index contributed by atoms with van der Waals surface area (Å²) < 4.78 is 1.20. The molecule has 2 heterocycles. The third kappa shape index (κ3) is 1.58. The van der Waals surface area contributed by atoms with Crippen LogP contribution in [0.3, 0.4) is 0 Å². The third-order valence-corrected chi connectivity index (χ3v) is 4.00. The minimum absolute atomic E-state index is 0.588. The molecule has 0 unspecified atom stereocenters. The van der Waals surface area contributed by atoms with Crippen LogP contribution in [-0.4, -0.2) is 9.97 Å². The molecule has 1 aromatic carbocycles. The smallest absolute Gasteiger partial charge is 0.180 e. The number of benzene rings is 1. The maximum Gasteiger partial charge on any atom is 0.180 e. The molecule has 0 fully saturated rings. The molecule has 3 nitrogen and oxygen atoms in total. The van der Waals surface area contributed by atoms with E-state index in [1.807, 2.05) is 11.4 Å². The second-order valence-electron chi connectivity index (χ2n) is 3.56. The molecule has 3 rings (SSSR count). The van der Waals surface area contributed by atoms with Crippen LogP contribution in [0.15, 0.2) is 23.6 Å². The molecule has 0 amide bonds. The van der Waals surface area contributed by atoms with Crippen molar-refractivity contribution in [3.8, 4) is 10.7 Å². The lowest BCUT2D eigenvalue weighted by Gasteiger charge is -1.88. The van der Waals surface area contributed by atoms with Crippen molar-refractivity contribution in [3.63, 3.8) is 0 Å². The summed E-state index contributed by atoms with van der Waals surface area (Å²) in [6.07, 6.45) is 0. The molecule has 0 spiro atoms. The van der Waals surface area contributed by atoms with E-state index in [0.717, 1.165) is 16.2 Å². The Bertz CT molecular complexity index is 654. The molecule has 0 saturated heterocycles. The summed E-state index contributed by atoms with van der Waals surface area (Å²) in [4.78, 5) is 8.79. The molecule has 0 radical (unpaired) electrons. The van der Waals surface area contributed by atoms with Crippen molar-refractivity contribution in [2.75, 3.05) is 5.73 Å². The number of fused-ring (bicyclic) bond motifs is 1. The molecule has 80 valence electrons. The van der Waals surface area contributed by atoms with Crippen molar-refractivity contribution >= 4 is 38.0 Å². The number of nitrogens with zero attached hydrogens (tertiary/aromatic N) is 2. The first-order valence-electron chi connectivity index (χ1n) is 4.81. The molecule has 0 atom stereocenters. The van der Waals surface area contributed by atoms with Crippen LogP contribution in [0.2, 0.25) is 0 Å². The van der Waals surface area contributed by atoms with E-state index in [-0.39, 0.29) is 0 Å². The number of aryl methyl sites for hydroxylation is 1. The molecule has 0 aliphatic heterocycles. The molecule has 0 aliphatic rings. The van der Waals surface area contributed by atoms with E-state index in [1.165, 1.54) is 21.6 Å². The highest BCUT2D eigenvalue weighted by atomic mass is 32.1. The Balaban J connectivity index is 2.18. The second-order valence-corrected chi connectivity index (χ2v) is 5.48. The Morgan fingerprint density at radius 3 is 2.88 bits per heavy atom. The molecule has 2 aromatic heterocycles. The van der Waals surface area contributed by atoms with E-state index in [0.29, 0.717) is 5.13 Å². The Morgan fingerprint density at radius 2 is 2.12 bits per heavy atom. The summed E-state index contributed by atoms with van der Waals surface area (Å²) in [6, 6.07) is 6.26. The SMILES string of the molecule is Cc1ccc2nc(-c3csc(N)n3)sc2c1. The molecule has 16 heavy (non-hydrogen) atoms. The Morgan fingerprint density at radius 1 is 1.25 bits per heavy atom. The number of hydrogen-bond acceptors (Lipinski definition) is 5. The van der Waals surface area contributed by atoms with Gasteiger partial charge in [-0.3, -0.25) is 0 Å². The monoisotopic (exact) mass is 247 g/mol. The van der Waals surface area contributed by atoms with Crippen LogP contribution >= 0.6 is 22.7 Å². The highest BCUT2D eigenvalue weighted by Gasteiger charge is 2.08. The first-order valence-corrected chi connectivity index (χ1v) is 6.50. The van der Waals surface area contributed by atoms with Crippen LogP contribution in [0, 0.1) is 6.92 Å². The van der Waals surface area contributed by atoms with Crippen molar-refractivity contribution in [2.24, 2.45) is 0 Å². The lowest BCUT2D eigenvalue weighted by molar-refractivity contribution is 1.37. The predicted octanol–water partition coefficient (Wildman–Crippen LogP) is 3.31. The number of rotatable bonds is 1. The number of nitrogen functional groups attached to an aromatic ring is 1. The zero-order valence-electron chi connectivity index (χ0n) is 8.60.